The summed E-state index contributed by atoms with van der Waals surface area (Å²) in [5.41, 5.74) is 13.3. The number of hydrogen-bond acceptors (Lipinski definition) is 9. The van der Waals surface area contributed by atoms with E-state index in [1.54, 1.807) is 34.1 Å². The Kier molecular flexibility index (Phi) is 10.1. The van der Waals surface area contributed by atoms with Gasteiger partial charge in [0.1, 0.15) is 5.52 Å². The number of carbonyl (C=O) groups is 3. The number of nitrogens with zero attached hydrogens (tertiary/aromatic N) is 5. The molecule has 3 heterocycles. The molecule has 6 N–H and O–H groups in total. The second-order valence-corrected chi connectivity index (χ2v) is 10.5. The van der Waals surface area contributed by atoms with Gasteiger partial charge in [-0.15, -0.1) is 0 Å². The molecule has 2 amide bonds. The van der Waals surface area contributed by atoms with Gasteiger partial charge in [0.25, 0.3) is 0 Å². The molecule has 1 aromatic carbocycles. The molecule has 14 heteroatoms. The quantitative estimate of drug-likeness (QED) is 0.186. The van der Waals surface area contributed by atoms with Gasteiger partial charge in [0.2, 0.25) is 11.8 Å². The lowest BCUT2D eigenvalue weighted by molar-refractivity contribution is -0.136. The van der Waals surface area contributed by atoms with Gasteiger partial charge >= 0.3 is 17.7 Å². The summed E-state index contributed by atoms with van der Waals surface area (Å²) in [6.07, 6.45) is 3.49. The minimum atomic E-state index is -0.923. The third-order valence-electron chi connectivity index (χ3n) is 7.30. The van der Waals surface area contributed by atoms with Crippen LogP contribution in [0.25, 0.3) is 11.2 Å². The van der Waals surface area contributed by atoms with Crippen LogP contribution < -0.4 is 21.9 Å². The first-order valence-corrected chi connectivity index (χ1v) is 14.2. The number of aromatic nitrogens is 4. The molecule has 2 aromatic heterocycles. The van der Waals surface area contributed by atoms with E-state index in [1.807, 2.05) is 6.92 Å². The predicted octanol–water partition coefficient (Wildman–Crippen LogP) is 0.876. The number of fused-ring (bicyclic) bond motifs is 1. The van der Waals surface area contributed by atoms with E-state index in [-0.39, 0.29) is 43.8 Å². The number of nitrogen functional groups attached to an aromatic ring is 1. The number of nitrogens with one attached hydrogen (secondary N) is 1. The van der Waals surface area contributed by atoms with E-state index in [1.165, 1.54) is 4.57 Å². The zero-order valence-corrected chi connectivity index (χ0v) is 23.8. The van der Waals surface area contributed by atoms with Crippen LogP contribution in [0.4, 0.5) is 5.82 Å². The first-order chi connectivity index (χ1) is 20.2. The van der Waals surface area contributed by atoms with Crippen LogP contribution in [0.1, 0.15) is 50.2 Å². The van der Waals surface area contributed by atoms with Gasteiger partial charge in [-0.1, -0.05) is 37.6 Å². The summed E-state index contributed by atoms with van der Waals surface area (Å²) in [7, 11) is 0. The second kappa shape index (κ2) is 13.9. The minimum Gasteiger partial charge on any atom is -0.481 e. The molecule has 1 aliphatic heterocycles. The van der Waals surface area contributed by atoms with Crippen molar-refractivity contribution >= 4 is 34.8 Å². The molecule has 4 rings (SSSR count). The van der Waals surface area contributed by atoms with E-state index in [0.29, 0.717) is 49.3 Å². The molecule has 1 saturated heterocycles. The Morgan fingerprint density at radius 2 is 1.90 bits per heavy atom. The smallest absolute Gasteiger partial charge is 0.327 e. The maximum Gasteiger partial charge on any atom is 0.327 e. The number of imidazole rings is 1. The highest BCUT2D eigenvalue weighted by atomic mass is 16.5. The van der Waals surface area contributed by atoms with Gasteiger partial charge in [-0.05, 0) is 43.4 Å². The first-order valence-electron chi connectivity index (χ1n) is 14.2. The Bertz CT molecular complexity index is 1470. The van der Waals surface area contributed by atoms with Gasteiger partial charge in [0.15, 0.2) is 11.5 Å². The molecular formula is C28H38N8O6. The molecule has 0 saturated carbocycles. The van der Waals surface area contributed by atoms with Crippen molar-refractivity contribution in [1.29, 1.82) is 0 Å². The number of nitrogens with two attached hydrogens (primary N) is 2. The summed E-state index contributed by atoms with van der Waals surface area (Å²) in [4.78, 5) is 63.9. The van der Waals surface area contributed by atoms with Crippen molar-refractivity contribution in [1.82, 2.24) is 29.3 Å². The number of aliphatic carboxylic acids is 1. The van der Waals surface area contributed by atoms with Crippen LogP contribution in [-0.4, -0.2) is 84.5 Å². The number of amides is 2. The van der Waals surface area contributed by atoms with Crippen molar-refractivity contribution in [2.45, 2.75) is 64.6 Å². The van der Waals surface area contributed by atoms with Crippen LogP contribution >= 0.6 is 0 Å². The number of likely N-dealkylation sites (tertiary alicyclic amines) is 1. The van der Waals surface area contributed by atoms with Crippen LogP contribution in [0.5, 0.6) is 6.01 Å². The topological polar surface area (TPSA) is 203 Å². The van der Waals surface area contributed by atoms with Crippen LogP contribution in [-0.2, 0) is 33.9 Å². The molecule has 0 aliphatic carbocycles. The number of ether oxygens (including phenoxy) is 1. The average molecular weight is 583 g/mol. The number of rotatable bonds is 15. The van der Waals surface area contributed by atoms with Gasteiger partial charge in [0.05, 0.1) is 25.6 Å². The Hall–Kier alpha value is -4.46. The van der Waals surface area contributed by atoms with Gasteiger partial charge < -0.3 is 31.2 Å². The third kappa shape index (κ3) is 7.63. The van der Waals surface area contributed by atoms with Gasteiger partial charge in [0, 0.05) is 19.6 Å². The van der Waals surface area contributed by atoms with Gasteiger partial charge in [-0.3, -0.25) is 23.9 Å². The predicted molar refractivity (Wildman–Crippen MR) is 155 cm³/mol. The Morgan fingerprint density at radius 3 is 2.60 bits per heavy atom. The van der Waals surface area contributed by atoms with Gasteiger partial charge in [-0.25, -0.2) is 4.79 Å². The number of carboxylic acid groups (broad SMARTS) is 1. The molecule has 14 nitrogen and oxygen atoms in total. The highest BCUT2D eigenvalue weighted by Gasteiger charge is 2.31. The molecule has 3 aromatic rings. The molecule has 0 bridgehead atoms. The average Bonchev–Trinajstić information content (AvgIpc) is 3.53. The van der Waals surface area contributed by atoms with Gasteiger partial charge in [-0.2, -0.15) is 9.97 Å². The number of aromatic amines is 1. The normalized spacial score (nSPS) is 15.2. The lowest BCUT2D eigenvalue weighted by Gasteiger charge is -2.27. The number of unbranched alkanes of at least 4 members (excludes halogenated alkanes) is 1. The van der Waals surface area contributed by atoms with E-state index < -0.39 is 23.6 Å². The van der Waals surface area contributed by atoms with Crippen molar-refractivity contribution in [3.05, 3.63) is 45.9 Å². The molecule has 0 unspecified atom stereocenters. The van der Waals surface area contributed by atoms with Crippen molar-refractivity contribution in [3.63, 3.8) is 0 Å². The highest BCUT2D eigenvalue weighted by molar-refractivity contribution is 5.83. The van der Waals surface area contributed by atoms with Crippen LogP contribution in [0.2, 0.25) is 0 Å². The third-order valence-corrected chi connectivity index (χ3v) is 7.30. The molecule has 226 valence electrons. The van der Waals surface area contributed by atoms with Crippen LogP contribution in [0.15, 0.2) is 29.1 Å². The molecule has 0 radical (unpaired) electrons. The fourth-order valence-corrected chi connectivity index (χ4v) is 5.09. The largest absolute Gasteiger partial charge is 0.481 e. The number of H-pyrrole nitrogens is 1. The van der Waals surface area contributed by atoms with E-state index in [4.69, 9.17) is 21.3 Å². The number of benzene rings is 1. The lowest BCUT2D eigenvalue weighted by Crippen LogP contribution is -2.46. The molecule has 1 atom stereocenters. The summed E-state index contributed by atoms with van der Waals surface area (Å²) >= 11 is 0. The monoisotopic (exact) mass is 582 g/mol. The maximum atomic E-state index is 13.5. The number of anilines is 1. The Labute approximate surface area is 242 Å². The van der Waals surface area contributed by atoms with E-state index in [2.05, 4.69) is 15.0 Å². The van der Waals surface area contributed by atoms with Crippen LogP contribution in [0.3, 0.4) is 0 Å². The Morgan fingerprint density at radius 1 is 1.17 bits per heavy atom. The van der Waals surface area contributed by atoms with E-state index in [0.717, 1.165) is 24.8 Å². The summed E-state index contributed by atoms with van der Waals surface area (Å²) < 4.78 is 7.06. The fourth-order valence-electron chi connectivity index (χ4n) is 5.09. The van der Waals surface area contributed by atoms with Crippen LogP contribution in [0, 0.1) is 0 Å². The Balaban J connectivity index is 1.50. The zero-order chi connectivity index (χ0) is 30.2. The lowest BCUT2D eigenvalue weighted by atomic mass is 10.1. The SMILES string of the molecule is CCCCOc1nc(N)c2[nH]c(=O)n(CCCN(Cc3ccc(CC(=O)O)cc3)C(=O)CN3CCC[C@@H]3C(N)=O)c2n1. The number of carboxylic acids is 1. The minimum absolute atomic E-state index is 0.0416. The van der Waals surface area contributed by atoms with E-state index in [9.17, 15) is 19.2 Å². The van der Waals surface area contributed by atoms with Crippen molar-refractivity contribution in [2.24, 2.45) is 5.73 Å². The number of hydrogen-bond donors (Lipinski definition) is 4. The number of primary amides is 1. The molecule has 1 aliphatic rings. The standard InChI is InChI=1S/C28H38N8O6/c1-2-3-14-42-27-32-24(29)23-26(33-27)36(28(41)31-23)13-5-12-35(16-19-9-7-18(8-10-19)15-22(38)39)21(37)17-34-11-4-6-20(34)25(30)40/h7-10,20H,2-6,11-17H2,1H3,(H2,30,40)(H,31,41)(H,38,39)(H2,29,32,33)/t20-/m1/s1. The molecule has 1 fully saturated rings. The zero-order valence-electron chi connectivity index (χ0n) is 23.8. The molecule has 0 spiro atoms. The fraction of sp³-hybridized carbons (Fsp3) is 0.500. The molecule has 42 heavy (non-hydrogen) atoms. The van der Waals surface area contributed by atoms with Crippen molar-refractivity contribution < 1.29 is 24.2 Å². The summed E-state index contributed by atoms with van der Waals surface area (Å²) in [6.45, 7) is 3.94. The molecular weight excluding hydrogens is 544 g/mol. The van der Waals surface area contributed by atoms with Crippen molar-refractivity contribution in [3.8, 4) is 6.01 Å². The number of aryl methyl sites for hydroxylation is 1. The number of carbonyl (C=O) groups excluding carboxylic acids is 2. The summed E-state index contributed by atoms with van der Waals surface area (Å²) in [6, 6.07) is 6.67. The van der Waals surface area contributed by atoms with Crippen molar-refractivity contribution in [2.75, 3.05) is 32.0 Å². The maximum absolute atomic E-state index is 13.5. The van der Waals surface area contributed by atoms with E-state index >= 15 is 0 Å². The first kappa shape index (κ1) is 30.5. The second-order valence-electron chi connectivity index (χ2n) is 10.5. The summed E-state index contributed by atoms with van der Waals surface area (Å²) in [5, 5.41) is 9.05. The highest BCUT2D eigenvalue weighted by Crippen LogP contribution is 2.20. The summed E-state index contributed by atoms with van der Waals surface area (Å²) in [5.74, 6) is -1.44.